The first-order valence-corrected chi connectivity index (χ1v) is 8.15. The summed E-state index contributed by atoms with van der Waals surface area (Å²) in [6.07, 6.45) is 4.89. The minimum Gasteiger partial charge on any atom is -0.433 e. The molecule has 2 aliphatic carbocycles. The number of carbonyl (C=O) groups excluding carboxylic acids is 2. The van der Waals surface area contributed by atoms with Crippen LogP contribution in [0.4, 0.5) is 0 Å². The van der Waals surface area contributed by atoms with Gasteiger partial charge in [0.2, 0.25) is 11.6 Å². The monoisotopic (exact) mass is 308 g/mol. The Kier molecular flexibility index (Phi) is 2.12. The number of hydrogen-bond acceptors (Lipinski definition) is 6. The third-order valence-corrected chi connectivity index (χ3v) is 6.56. The summed E-state index contributed by atoms with van der Waals surface area (Å²) in [5.74, 6) is -2.69. The second-order valence-corrected chi connectivity index (χ2v) is 7.60. The van der Waals surface area contributed by atoms with E-state index in [1.54, 1.807) is 0 Å². The fourth-order valence-electron chi connectivity index (χ4n) is 6.31. The fraction of sp³-hybridized carbons (Fsp3) is 0.875. The highest BCUT2D eigenvalue weighted by Crippen LogP contribution is 2.78. The Morgan fingerprint density at radius 3 is 1.59 bits per heavy atom. The number of ether oxygens (including phenoxy) is 4. The third-order valence-electron chi connectivity index (χ3n) is 6.56. The van der Waals surface area contributed by atoms with Gasteiger partial charge in [0.05, 0.1) is 23.0 Å². The zero-order valence-electron chi connectivity index (χ0n) is 12.8. The molecule has 0 amide bonds. The van der Waals surface area contributed by atoms with E-state index in [1.807, 2.05) is 0 Å². The lowest BCUT2D eigenvalue weighted by molar-refractivity contribution is -0.308. The Morgan fingerprint density at radius 1 is 0.773 bits per heavy atom. The summed E-state index contributed by atoms with van der Waals surface area (Å²) >= 11 is 0. The van der Waals surface area contributed by atoms with Gasteiger partial charge in [-0.25, -0.2) is 0 Å². The predicted molar refractivity (Wildman–Crippen MR) is 71.3 cm³/mol. The van der Waals surface area contributed by atoms with Crippen LogP contribution in [0.1, 0.15) is 52.4 Å². The van der Waals surface area contributed by atoms with E-state index in [0.717, 1.165) is 25.7 Å². The Hall–Kier alpha value is -1.14. The summed E-state index contributed by atoms with van der Waals surface area (Å²) in [7, 11) is 0. The van der Waals surface area contributed by atoms with Gasteiger partial charge in [-0.3, -0.25) is 14.3 Å². The molecule has 6 heteroatoms. The van der Waals surface area contributed by atoms with Crippen LogP contribution in [0.3, 0.4) is 0 Å². The molecule has 2 saturated carbocycles. The summed E-state index contributed by atoms with van der Waals surface area (Å²) in [5, 5.41) is 0. The molecule has 6 unspecified atom stereocenters. The molecule has 3 aliphatic heterocycles. The van der Waals surface area contributed by atoms with Crippen molar-refractivity contribution in [2.45, 2.75) is 75.1 Å². The lowest BCUT2D eigenvalue weighted by Crippen LogP contribution is -2.45. The SMILES string of the molecule is CC(=O)OC12CCC34CCC5(CCC(OC(C)=O)(O1)C5C32)O4. The molecule has 5 aliphatic rings. The van der Waals surface area contributed by atoms with Crippen molar-refractivity contribution in [1.29, 1.82) is 0 Å². The molecule has 3 saturated heterocycles. The molecule has 0 aromatic rings. The van der Waals surface area contributed by atoms with Crippen LogP contribution in [-0.4, -0.2) is 34.7 Å². The molecule has 0 N–H and O–H groups in total. The maximum Gasteiger partial charge on any atom is 0.305 e. The number of carbonyl (C=O) groups is 2. The average molecular weight is 308 g/mol. The lowest BCUT2D eigenvalue weighted by Gasteiger charge is -2.33. The molecule has 2 bridgehead atoms. The third kappa shape index (κ3) is 1.23. The molecule has 6 atom stereocenters. The van der Waals surface area contributed by atoms with Crippen LogP contribution in [0, 0.1) is 11.8 Å². The molecule has 6 nitrogen and oxygen atoms in total. The summed E-state index contributed by atoms with van der Waals surface area (Å²) in [5.41, 5.74) is -0.523. The van der Waals surface area contributed by atoms with Gasteiger partial charge in [0.1, 0.15) is 0 Å². The molecular formula is C16H20O6. The number of hydrogen-bond donors (Lipinski definition) is 0. The van der Waals surface area contributed by atoms with Crippen LogP contribution in [0.25, 0.3) is 0 Å². The Labute approximate surface area is 128 Å². The van der Waals surface area contributed by atoms with Crippen LogP contribution in [0.5, 0.6) is 0 Å². The first-order chi connectivity index (χ1) is 10.4. The summed E-state index contributed by atoms with van der Waals surface area (Å²) in [6.45, 7) is 2.80. The normalized spacial score (nSPS) is 56.3. The maximum absolute atomic E-state index is 11.7. The van der Waals surface area contributed by atoms with Crippen LogP contribution in [0.2, 0.25) is 0 Å². The smallest absolute Gasteiger partial charge is 0.305 e. The van der Waals surface area contributed by atoms with Crippen molar-refractivity contribution < 1.29 is 28.5 Å². The second kappa shape index (κ2) is 3.51. The highest BCUT2D eigenvalue weighted by molar-refractivity contribution is 5.67. The maximum atomic E-state index is 11.7. The van der Waals surface area contributed by atoms with E-state index in [1.165, 1.54) is 13.8 Å². The Balaban J connectivity index is 1.65. The Morgan fingerprint density at radius 2 is 1.18 bits per heavy atom. The van der Waals surface area contributed by atoms with E-state index in [4.69, 9.17) is 18.9 Å². The number of esters is 2. The van der Waals surface area contributed by atoms with Crippen molar-refractivity contribution in [3.63, 3.8) is 0 Å². The standard InChI is InChI=1S/C16H20O6/c1-9(17)19-15-7-5-13-3-4-14(21-13)6-8-16(22-15,20-10(2)18)12(14)11(13)15/h11-12H,3-8H2,1-2H3. The molecule has 2 spiro atoms. The minimum absolute atomic E-state index is 0.0144. The molecule has 120 valence electrons. The highest BCUT2D eigenvalue weighted by Gasteiger charge is 2.88. The quantitative estimate of drug-likeness (QED) is 0.723. The molecule has 22 heavy (non-hydrogen) atoms. The number of rotatable bonds is 2. The van der Waals surface area contributed by atoms with Crippen molar-refractivity contribution in [2.75, 3.05) is 0 Å². The summed E-state index contributed by atoms with van der Waals surface area (Å²) < 4.78 is 24.2. The van der Waals surface area contributed by atoms with Gasteiger partial charge in [-0.2, -0.15) is 0 Å². The van der Waals surface area contributed by atoms with Gasteiger partial charge >= 0.3 is 11.9 Å². The molecule has 0 radical (unpaired) electrons. The van der Waals surface area contributed by atoms with Gasteiger partial charge in [-0.15, -0.1) is 0 Å². The van der Waals surface area contributed by atoms with Crippen molar-refractivity contribution in [2.24, 2.45) is 11.8 Å². The van der Waals surface area contributed by atoms with E-state index in [2.05, 4.69) is 0 Å². The van der Waals surface area contributed by atoms with E-state index in [-0.39, 0.29) is 35.0 Å². The van der Waals surface area contributed by atoms with Crippen molar-refractivity contribution >= 4 is 11.9 Å². The van der Waals surface area contributed by atoms with E-state index >= 15 is 0 Å². The molecule has 3 heterocycles. The van der Waals surface area contributed by atoms with E-state index in [9.17, 15) is 9.59 Å². The van der Waals surface area contributed by atoms with Gasteiger partial charge in [-0.05, 0) is 25.7 Å². The predicted octanol–water partition coefficient (Wildman–Crippen LogP) is 1.66. The van der Waals surface area contributed by atoms with Crippen molar-refractivity contribution in [1.82, 2.24) is 0 Å². The fourth-order valence-corrected chi connectivity index (χ4v) is 6.31. The first-order valence-electron chi connectivity index (χ1n) is 8.15. The largest absolute Gasteiger partial charge is 0.433 e. The van der Waals surface area contributed by atoms with Crippen LogP contribution in [-0.2, 0) is 28.5 Å². The highest BCUT2D eigenvalue weighted by atomic mass is 16.8. The van der Waals surface area contributed by atoms with E-state index in [0.29, 0.717) is 12.8 Å². The second-order valence-electron chi connectivity index (χ2n) is 7.60. The van der Waals surface area contributed by atoms with Gasteiger partial charge in [0, 0.05) is 26.7 Å². The van der Waals surface area contributed by atoms with Gasteiger partial charge < -0.3 is 14.2 Å². The summed E-state index contributed by atoms with van der Waals surface area (Å²) in [6, 6.07) is 0. The molecule has 0 aromatic carbocycles. The van der Waals surface area contributed by atoms with Crippen LogP contribution < -0.4 is 0 Å². The molecule has 0 aromatic heterocycles. The van der Waals surface area contributed by atoms with Gasteiger partial charge in [-0.1, -0.05) is 0 Å². The van der Waals surface area contributed by atoms with Crippen LogP contribution in [0.15, 0.2) is 0 Å². The summed E-state index contributed by atoms with van der Waals surface area (Å²) in [4.78, 5) is 23.3. The first kappa shape index (κ1) is 13.3. The zero-order chi connectivity index (χ0) is 15.4. The zero-order valence-corrected chi connectivity index (χ0v) is 12.8. The van der Waals surface area contributed by atoms with Crippen molar-refractivity contribution in [3.05, 3.63) is 0 Å². The average Bonchev–Trinajstić information content (AvgIpc) is 3.11. The van der Waals surface area contributed by atoms with Crippen LogP contribution >= 0.6 is 0 Å². The Bertz CT molecular complexity index is 553. The molecule has 5 rings (SSSR count). The van der Waals surface area contributed by atoms with E-state index < -0.39 is 11.6 Å². The van der Waals surface area contributed by atoms with Crippen molar-refractivity contribution in [3.8, 4) is 0 Å². The van der Waals surface area contributed by atoms with Gasteiger partial charge in [0.25, 0.3) is 0 Å². The molecule has 5 fully saturated rings. The minimum atomic E-state index is -0.978. The topological polar surface area (TPSA) is 71.1 Å². The lowest BCUT2D eigenvalue weighted by atomic mass is 9.68. The molecular weight excluding hydrogens is 288 g/mol. The van der Waals surface area contributed by atoms with Gasteiger partial charge in [0.15, 0.2) is 0 Å².